The van der Waals surface area contributed by atoms with E-state index in [-0.39, 0.29) is 11.8 Å². The largest absolute Gasteiger partial charge is 0.400 e. The summed E-state index contributed by atoms with van der Waals surface area (Å²) in [5.74, 6) is -0.634. The van der Waals surface area contributed by atoms with Crippen molar-refractivity contribution in [3.05, 3.63) is 0 Å². The molecule has 1 rings (SSSR count). The maximum Gasteiger partial charge on any atom is 0.223 e. The molecule has 1 aliphatic rings. The van der Waals surface area contributed by atoms with E-state index < -0.39 is 6.10 Å². The fourth-order valence-electron chi connectivity index (χ4n) is 1.27. The summed E-state index contributed by atoms with van der Waals surface area (Å²) in [6.07, 6.45) is 1.95. The van der Waals surface area contributed by atoms with Crippen LogP contribution in [0, 0.1) is 5.92 Å². The van der Waals surface area contributed by atoms with Gasteiger partial charge < -0.3 is 15.9 Å². The van der Waals surface area contributed by atoms with E-state index in [1.165, 1.54) is 0 Å². The number of amides is 1. The number of hydrogen-bond donors (Lipinski definition) is 3. The van der Waals surface area contributed by atoms with Crippen molar-refractivity contribution >= 4 is 5.91 Å². The average molecular weight is 161 g/mol. The summed E-state index contributed by atoms with van der Waals surface area (Å²) in [6.45, 7) is 0. The molecule has 2 unspecified atom stereocenters. The average Bonchev–Trinajstić information content (AvgIpc) is 2.39. The highest BCUT2D eigenvalue weighted by molar-refractivity contribution is 5.77. The Morgan fingerprint density at radius 3 is 2.18 bits per heavy atom. The number of nitrogens with two attached hydrogens (primary N) is 1. The summed E-state index contributed by atoms with van der Waals surface area (Å²) in [5, 5.41) is 16.1. The minimum absolute atomic E-state index is 0.273. The molecule has 2 atom stereocenters. The second-order valence-corrected chi connectivity index (χ2v) is 2.51. The van der Waals surface area contributed by atoms with Gasteiger partial charge in [-0.25, -0.2) is 0 Å². The van der Waals surface area contributed by atoms with Gasteiger partial charge >= 0.3 is 0 Å². The zero-order valence-corrected chi connectivity index (χ0v) is 6.66. The summed E-state index contributed by atoms with van der Waals surface area (Å²) in [5.41, 5.74) is 4.99. The van der Waals surface area contributed by atoms with Gasteiger partial charge in [-0.15, -0.1) is 0 Å². The van der Waals surface area contributed by atoms with Gasteiger partial charge in [0.05, 0.1) is 12.0 Å². The van der Waals surface area contributed by atoms with Crippen LogP contribution in [0.3, 0.4) is 0 Å². The first-order chi connectivity index (χ1) is 5.22. The summed E-state index contributed by atoms with van der Waals surface area (Å²) >= 11 is 0. The fraction of sp³-hybridized carbons (Fsp3) is 0.857. The second-order valence-electron chi connectivity index (χ2n) is 2.51. The Morgan fingerprint density at radius 1 is 1.45 bits per heavy atom. The molecule has 4 N–H and O–H groups in total. The van der Waals surface area contributed by atoms with Crippen LogP contribution in [0.4, 0.5) is 0 Å². The van der Waals surface area contributed by atoms with Crippen LogP contribution in [0.1, 0.15) is 19.3 Å². The van der Waals surface area contributed by atoms with Gasteiger partial charge in [-0.05, 0) is 19.3 Å². The van der Waals surface area contributed by atoms with Gasteiger partial charge in [-0.2, -0.15) is 0 Å². The molecular formula is C7H15NO3. The van der Waals surface area contributed by atoms with Crippen molar-refractivity contribution in [3.8, 4) is 0 Å². The Bertz CT molecular complexity index is 127. The number of carbonyl (C=O) groups excluding carboxylic acids is 1. The lowest BCUT2D eigenvalue weighted by molar-refractivity contribution is -0.124. The Morgan fingerprint density at radius 2 is 2.00 bits per heavy atom. The van der Waals surface area contributed by atoms with E-state index in [1.54, 1.807) is 0 Å². The van der Waals surface area contributed by atoms with Crippen molar-refractivity contribution in [1.29, 1.82) is 0 Å². The molecule has 0 saturated heterocycles. The van der Waals surface area contributed by atoms with E-state index in [1.807, 2.05) is 0 Å². The van der Waals surface area contributed by atoms with Crippen LogP contribution in [-0.4, -0.2) is 29.3 Å². The Kier molecular flexibility index (Phi) is 4.81. The molecule has 4 heteroatoms. The predicted molar refractivity (Wildman–Crippen MR) is 40.7 cm³/mol. The van der Waals surface area contributed by atoms with Crippen LogP contribution in [0.15, 0.2) is 0 Å². The van der Waals surface area contributed by atoms with Crippen LogP contribution in [0.5, 0.6) is 0 Å². The lowest BCUT2D eigenvalue weighted by Gasteiger charge is -2.07. The Labute approximate surface area is 66.0 Å². The van der Waals surface area contributed by atoms with Crippen LogP contribution in [-0.2, 0) is 4.79 Å². The van der Waals surface area contributed by atoms with Gasteiger partial charge in [0.15, 0.2) is 0 Å². The fourth-order valence-corrected chi connectivity index (χ4v) is 1.27. The summed E-state index contributed by atoms with van der Waals surface area (Å²) in [6, 6.07) is 0. The molecule has 0 aliphatic heterocycles. The number of aliphatic hydroxyl groups excluding tert-OH is 2. The molecule has 0 radical (unpaired) electrons. The molecule has 11 heavy (non-hydrogen) atoms. The maximum absolute atomic E-state index is 10.5. The zero-order valence-electron chi connectivity index (χ0n) is 6.66. The molecule has 0 spiro atoms. The zero-order chi connectivity index (χ0) is 8.85. The standard InChI is InChI=1S/C6H11NO2.CH4O/c7-6(9)4-2-1-3-5(4)8;1-2/h4-5,8H,1-3H2,(H2,7,9);2H,1H3. The summed E-state index contributed by atoms with van der Waals surface area (Å²) in [4.78, 5) is 10.5. The maximum atomic E-state index is 10.5. The lowest BCUT2D eigenvalue weighted by Crippen LogP contribution is -2.28. The number of primary amides is 1. The first-order valence-corrected chi connectivity index (χ1v) is 3.64. The van der Waals surface area contributed by atoms with Crippen molar-refractivity contribution in [2.24, 2.45) is 11.7 Å². The first kappa shape index (κ1) is 10.4. The van der Waals surface area contributed by atoms with E-state index >= 15 is 0 Å². The monoisotopic (exact) mass is 161 g/mol. The lowest BCUT2D eigenvalue weighted by atomic mass is 10.1. The van der Waals surface area contributed by atoms with Gasteiger partial charge in [0, 0.05) is 7.11 Å². The number of hydrogen-bond acceptors (Lipinski definition) is 3. The molecule has 1 amide bonds. The normalized spacial score (nSPS) is 29.0. The van der Waals surface area contributed by atoms with Gasteiger partial charge in [0.2, 0.25) is 5.91 Å². The molecule has 0 aromatic carbocycles. The highest BCUT2D eigenvalue weighted by Gasteiger charge is 2.29. The molecule has 4 nitrogen and oxygen atoms in total. The summed E-state index contributed by atoms with van der Waals surface area (Å²) in [7, 11) is 1.00. The molecule has 66 valence electrons. The third-order valence-corrected chi connectivity index (χ3v) is 1.84. The number of aliphatic hydroxyl groups is 2. The molecule has 1 aliphatic carbocycles. The van der Waals surface area contributed by atoms with Crippen LogP contribution >= 0.6 is 0 Å². The number of carbonyl (C=O) groups is 1. The second kappa shape index (κ2) is 5.09. The smallest absolute Gasteiger partial charge is 0.223 e. The molecule has 0 aromatic heterocycles. The van der Waals surface area contributed by atoms with Crippen molar-refractivity contribution in [1.82, 2.24) is 0 Å². The van der Waals surface area contributed by atoms with Gasteiger partial charge in [0.1, 0.15) is 0 Å². The molecular weight excluding hydrogens is 146 g/mol. The van der Waals surface area contributed by atoms with Gasteiger partial charge in [-0.3, -0.25) is 4.79 Å². The van der Waals surface area contributed by atoms with E-state index in [0.717, 1.165) is 26.4 Å². The molecule has 1 fully saturated rings. The highest BCUT2D eigenvalue weighted by atomic mass is 16.3. The highest BCUT2D eigenvalue weighted by Crippen LogP contribution is 2.24. The first-order valence-electron chi connectivity index (χ1n) is 3.64. The van der Waals surface area contributed by atoms with Gasteiger partial charge in [-0.1, -0.05) is 0 Å². The molecule has 0 aromatic rings. The van der Waals surface area contributed by atoms with Crippen molar-refractivity contribution < 1.29 is 15.0 Å². The quantitative estimate of drug-likeness (QED) is 0.472. The summed E-state index contributed by atoms with van der Waals surface area (Å²) < 4.78 is 0. The minimum atomic E-state index is -0.470. The van der Waals surface area contributed by atoms with E-state index in [4.69, 9.17) is 15.9 Å². The molecule has 0 heterocycles. The predicted octanol–water partition coefficient (Wildman–Crippen LogP) is -0.759. The molecule has 0 bridgehead atoms. The Balaban J connectivity index is 0.000000461. The van der Waals surface area contributed by atoms with Crippen molar-refractivity contribution in [2.75, 3.05) is 7.11 Å². The van der Waals surface area contributed by atoms with Crippen molar-refractivity contribution in [3.63, 3.8) is 0 Å². The van der Waals surface area contributed by atoms with Crippen LogP contribution < -0.4 is 5.73 Å². The van der Waals surface area contributed by atoms with Crippen LogP contribution in [0.25, 0.3) is 0 Å². The third kappa shape index (κ3) is 2.86. The Hall–Kier alpha value is -0.610. The SMILES string of the molecule is CO.NC(=O)C1CCCC1O. The van der Waals surface area contributed by atoms with E-state index in [2.05, 4.69) is 0 Å². The third-order valence-electron chi connectivity index (χ3n) is 1.84. The number of rotatable bonds is 1. The van der Waals surface area contributed by atoms with Gasteiger partial charge in [0.25, 0.3) is 0 Å². The van der Waals surface area contributed by atoms with E-state index in [9.17, 15) is 4.79 Å². The van der Waals surface area contributed by atoms with E-state index in [0.29, 0.717) is 0 Å². The minimum Gasteiger partial charge on any atom is -0.400 e. The topological polar surface area (TPSA) is 83.5 Å². The molecule has 1 saturated carbocycles. The van der Waals surface area contributed by atoms with Crippen LogP contribution in [0.2, 0.25) is 0 Å². The van der Waals surface area contributed by atoms with Crippen molar-refractivity contribution in [2.45, 2.75) is 25.4 Å².